The van der Waals surface area contributed by atoms with Crippen molar-refractivity contribution < 1.29 is 13.2 Å². The van der Waals surface area contributed by atoms with Gasteiger partial charge < -0.3 is 5.32 Å². The third kappa shape index (κ3) is 4.93. The first kappa shape index (κ1) is 21.2. The van der Waals surface area contributed by atoms with Gasteiger partial charge in [-0.1, -0.05) is 61.8 Å². The zero-order valence-electron chi connectivity index (χ0n) is 16.1. The van der Waals surface area contributed by atoms with E-state index >= 15 is 0 Å². The van der Waals surface area contributed by atoms with Gasteiger partial charge in [0.05, 0.1) is 5.52 Å². The van der Waals surface area contributed by atoms with Gasteiger partial charge in [0.25, 0.3) is 0 Å². The Morgan fingerprint density at radius 2 is 1.79 bits per heavy atom. The van der Waals surface area contributed by atoms with Crippen molar-refractivity contribution in [1.82, 2.24) is 15.0 Å². The van der Waals surface area contributed by atoms with Gasteiger partial charge in [-0.2, -0.15) is 4.72 Å². The summed E-state index contributed by atoms with van der Waals surface area (Å²) < 4.78 is 28.6. The molecule has 2 N–H and O–H groups in total. The van der Waals surface area contributed by atoms with Crippen LogP contribution in [0, 0.1) is 5.92 Å². The fourth-order valence-corrected chi connectivity index (χ4v) is 4.68. The summed E-state index contributed by atoms with van der Waals surface area (Å²) in [6, 6.07) is 14.7. The molecule has 3 rings (SSSR count). The predicted octanol–water partition coefficient (Wildman–Crippen LogP) is 3.51. The number of benzene rings is 2. The first-order valence-corrected chi connectivity index (χ1v) is 11.0. The van der Waals surface area contributed by atoms with Crippen molar-refractivity contribution in [2.45, 2.75) is 31.3 Å². The molecule has 3 aromatic rings. The first-order chi connectivity index (χ1) is 13.8. The summed E-state index contributed by atoms with van der Waals surface area (Å²) in [5, 5.41) is 4.01. The molecule has 8 heteroatoms. The largest absolute Gasteiger partial charge is 0.351 e. The fourth-order valence-electron chi connectivity index (χ4n) is 2.95. The van der Waals surface area contributed by atoms with E-state index < -0.39 is 22.0 Å². The minimum Gasteiger partial charge on any atom is -0.351 e. The lowest BCUT2D eigenvalue weighted by Gasteiger charge is -2.22. The third-order valence-corrected chi connectivity index (χ3v) is 6.37. The number of pyridine rings is 1. The Morgan fingerprint density at radius 3 is 2.52 bits per heavy atom. The van der Waals surface area contributed by atoms with Gasteiger partial charge in [-0.3, -0.25) is 9.78 Å². The number of nitrogens with zero attached hydrogens (tertiary/aromatic N) is 1. The van der Waals surface area contributed by atoms with Gasteiger partial charge in [-0.15, -0.1) is 0 Å². The lowest BCUT2D eigenvalue weighted by Crippen LogP contribution is -2.49. The summed E-state index contributed by atoms with van der Waals surface area (Å²) in [7, 11) is -3.97. The van der Waals surface area contributed by atoms with Crippen LogP contribution in [0.25, 0.3) is 10.9 Å². The molecule has 0 saturated carbocycles. The van der Waals surface area contributed by atoms with Gasteiger partial charge in [-0.05, 0) is 29.7 Å². The molecule has 6 nitrogen and oxygen atoms in total. The molecule has 0 spiro atoms. The molecule has 1 atom stereocenters. The van der Waals surface area contributed by atoms with E-state index in [1.807, 2.05) is 6.07 Å². The Balaban J connectivity index is 1.82. The quantitative estimate of drug-likeness (QED) is 0.599. The van der Waals surface area contributed by atoms with Crippen molar-refractivity contribution >= 4 is 38.4 Å². The number of rotatable bonds is 7. The van der Waals surface area contributed by atoms with Crippen LogP contribution in [0.3, 0.4) is 0 Å². The molecule has 2 aromatic carbocycles. The zero-order chi connectivity index (χ0) is 21.0. The molecular formula is C21H22ClN3O3S. The van der Waals surface area contributed by atoms with Crippen molar-refractivity contribution in [2.75, 3.05) is 0 Å². The van der Waals surface area contributed by atoms with Gasteiger partial charge in [0, 0.05) is 23.2 Å². The lowest BCUT2D eigenvalue weighted by molar-refractivity contribution is -0.123. The minimum atomic E-state index is -3.97. The number of halogens is 1. The fraction of sp³-hybridized carbons (Fsp3) is 0.238. The van der Waals surface area contributed by atoms with Gasteiger partial charge >= 0.3 is 0 Å². The Labute approximate surface area is 175 Å². The van der Waals surface area contributed by atoms with Gasteiger partial charge in [0.2, 0.25) is 15.9 Å². The molecule has 0 unspecified atom stereocenters. The van der Waals surface area contributed by atoms with E-state index in [0.29, 0.717) is 15.9 Å². The van der Waals surface area contributed by atoms with E-state index in [-0.39, 0.29) is 17.4 Å². The molecule has 0 radical (unpaired) electrons. The molecule has 0 aliphatic rings. The SMILES string of the molecule is CC(C)[C@H](NS(=O)(=O)c1cccc2cccnc12)C(=O)NCc1ccccc1Cl. The van der Waals surface area contributed by atoms with E-state index in [1.165, 1.54) is 12.3 Å². The smallest absolute Gasteiger partial charge is 0.243 e. The van der Waals surface area contributed by atoms with E-state index in [0.717, 1.165) is 5.56 Å². The molecule has 0 fully saturated rings. The van der Waals surface area contributed by atoms with Crippen LogP contribution in [0.2, 0.25) is 5.02 Å². The summed E-state index contributed by atoms with van der Waals surface area (Å²) in [4.78, 5) is 17.0. The normalized spacial score (nSPS) is 12.8. The molecule has 0 saturated heterocycles. The van der Waals surface area contributed by atoms with E-state index in [1.54, 1.807) is 56.3 Å². The van der Waals surface area contributed by atoms with Crippen molar-refractivity contribution in [3.05, 3.63) is 71.4 Å². The second-order valence-corrected chi connectivity index (χ2v) is 9.07. The van der Waals surface area contributed by atoms with Crippen LogP contribution in [0.4, 0.5) is 0 Å². The lowest BCUT2D eigenvalue weighted by atomic mass is 10.0. The number of fused-ring (bicyclic) bond motifs is 1. The average Bonchev–Trinajstić information content (AvgIpc) is 2.70. The summed E-state index contributed by atoms with van der Waals surface area (Å²) in [5.74, 6) is -0.685. The van der Waals surface area contributed by atoms with Crippen LogP contribution < -0.4 is 10.0 Å². The standard InChI is InChI=1S/C21H22ClN3O3S/c1-14(2)19(21(26)24-13-16-7-3-4-10-17(16)22)25-29(27,28)18-11-5-8-15-9-6-12-23-20(15)18/h3-12,14,19,25H,13H2,1-2H3,(H,24,26)/t19-/m0/s1. The molecular weight excluding hydrogens is 410 g/mol. The zero-order valence-corrected chi connectivity index (χ0v) is 17.7. The molecule has 0 aliphatic carbocycles. The maximum atomic E-state index is 13.0. The first-order valence-electron chi connectivity index (χ1n) is 9.17. The number of aromatic nitrogens is 1. The van der Waals surface area contributed by atoms with Gasteiger partial charge in [0.1, 0.15) is 10.9 Å². The number of carbonyl (C=O) groups excluding carboxylic acids is 1. The molecule has 1 aromatic heterocycles. The van der Waals surface area contributed by atoms with E-state index in [4.69, 9.17) is 11.6 Å². The summed E-state index contributed by atoms with van der Waals surface area (Å²) >= 11 is 6.12. The molecule has 0 bridgehead atoms. The number of hydrogen-bond acceptors (Lipinski definition) is 4. The van der Waals surface area contributed by atoms with Crippen LogP contribution in [0.1, 0.15) is 19.4 Å². The minimum absolute atomic E-state index is 0.0418. The molecule has 1 amide bonds. The van der Waals surface area contributed by atoms with Gasteiger partial charge in [0.15, 0.2) is 0 Å². The maximum Gasteiger partial charge on any atom is 0.243 e. The van der Waals surface area contributed by atoms with Crippen molar-refractivity contribution in [3.63, 3.8) is 0 Å². The van der Waals surface area contributed by atoms with E-state index in [9.17, 15) is 13.2 Å². The summed E-state index contributed by atoms with van der Waals surface area (Å²) in [5.41, 5.74) is 1.12. The van der Waals surface area contributed by atoms with Crippen LogP contribution in [-0.4, -0.2) is 25.4 Å². The Morgan fingerprint density at radius 1 is 1.07 bits per heavy atom. The third-order valence-electron chi connectivity index (χ3n) is 4.53. The number of para-hydroxylation sites is 1. The Bertz CT molecular complexity index is 1130. The topological polar surface area (TPSA) is 88.2 Å². The highest BCUT2D eigenvalue weighted by Crippen LogP contribution is 2.21. The second kappa shape index (κ2) is 8.90. The number of nitrogens with one attached hydrogen (secondary N) is 2. The molecule has 29 heavy (non-hydrogen) atoms. The highest BCUT2D eigenvalue weighted by atomic mass is 35.5. The monoisotopic (exact) mass is 431 g/mol. The number of hydrogen-bond donors (Lipinski definition) is 2. The molecule has 0 aliphatic heterocycles. The summed E-state index contributed by atoms with van der Waals surface area (Å²) in [6.45, 7) is 3.77. The van der Waals surface area contributed by atoms with Gasteiger partial charge in [-0.25, -0.2) is 8.42 Å². The van der Waals surface area contributed by atoms with Crippen molar-refractivity contribution in [3.8, 4) is 0 Å². The van der Waals surface area contributed by atoms with Crippen molar-refractivity contribution in [1.29, 1.82) is 0 Å². The molecule has 1 heterocycles. The Hall–Kier alpha value is -2.48. The highest BCUT2D eigenvalue weighted by Gasteiger charge is 2.29. The summed E-state index contributed by atoms with van der Waals surface area (Å²) in [6.07, 6.45) is 1.54. The van der Waals surface area contributed by atoms with Crippen LogP contribution in [0.5, 0.6) is 0 Å². The molecule has 152 valence electrons. The second-order valence-electron chi connectivity index (χ2n) is 6.98. The number of carbonyl (C=O) groups is 1. The average molecular weight is 432 g/mol. The Kier molecular flexibility index (Phi) is 6.52. The van der Waals surface area contributed by atoms with Crippen LogP contribution in [0.15, 0.2) is 65.7 Å². The predicted molar refractivity (Wildman–Crippen MR) is 114 cm³/mol. The van der Waals surface area contributed by atoms with E-state index in [2.05, 4.69) is 15.0 Å². The number of amides is 1. The van der Waals surface area contributed by atoms with Crippen LogP contribution >= 0.6 is 11.6 Å². The maximum absolute atomic E-state index is 13.0. The highest BCUT2D eigenvalue weighted by molar-refractivity contribution is 7.89. The van der Waals surface area contributed by atoms with Crippen molar-refractivity contribution in [2.24, 2.45) is 5.92 Å². The number of sulfonamides is 1. The van der Waals surface area contributed by atoms with Crippen LogP contribution in [-0.2, 0) is 21.4 Å².